The quantitative estimate of drug-likeness (QED) is 0.814. The van der Waals surface area contributed by atoms with E-state index in [2.05, 4.69) is 9.55 Å². The Morgan fingerprint density at radius 2 is 2.05 bits per heavy atom. The van der Waals surface area contributed by atoms with Crippen molar-refractivity contribution in [3.05, 3.63) is 24.0 Å². The zero-order valence-electron chi connectivity index (χ0n) is 11.3. The first kappa shape index (κ1) is 12.5. The minimum atomic E-state index is -0.546. The number of nitrogens with zero attached hydrogens (tertiary/aromatic N) is 2. The first-order valence-electron chi connectivity index (χ1n) is 7.12. The lowest BCUT2D eigenvalue weighted by molar-refractivity contribution is 0.178. The van der Waals surface area contributed by atoms with Crippen LogP contribution >= 0.6 is 0 Å². The number of aliphatic hydroxyl groups excluding tert-OH is 1. The number of nitrogen functional groups attached to an aromatic ring is 1. The summed E-state index contributed by atoms with van der Waals surface area (Å²) < 4.78 is 2.23. The first-order valence-corrected chi connectivity index (χ1v) is 7.12. The Hall–Kier alpha value is -1.55. The van der Waals surface area contributed by atoms with Crippen LogP contribution in [0.4, 0.5) is 5.69 Å². The number of anilines is 1. The van der Waals surface area contributed by atoms with Crippen LogP contribution in [0.25, 0.3) is 11.0 Å². The van der Waals surface area contributed by atoms with Gasteiger partial charge < -0.3 is 15.4 Å². The molecule has 1 heterocycles. The van der Waals surface area contributed by atoms with Crippen LogP contribution in [-0.4, -0.2) is 14.7 Å². The van der Waals surface area contributed by atoms with Crippen LogP contribution in [-0.2, 0) is 0 Å². The largest absolute Gasteiger partial charge is 0.399 e. The Morgan fingerprint density at radius 1 is 1.32 bits per heavy atom. The Morgan fingerprint density at radius 3 is 2.74 bits per heavy atom. The van der Waals surface area contributed by atoms with Gasteiger partial charge in [-0.2, -0.15) is 0 Å². The number of aliphatic hydroxyl groups is 1. The van der Waals surface area contributed by atoms with Crippen LogP contribution in [0.15, 0.2) is 18.2 Å². The molecule has 3 rings (SSSR count). The van der Waals surface area contributed by atoms with E-state index in [1.807, 2.05) is 18.2 Å². The SMILES string of the molecule is CC(O)c1nc2cc(N)ccc2n1C1CCCCC1. The van der Waals surface area contributed by atoms with Gasteiger partial charge in [0.1, 0.15) is 11.9 Å². The van der Waals surface area contributed by atoms with E-state index < -0.39 is 6.10 Å². The fraction of sp³-hybridized carbons (Fsp3) is 0.533. The highest BCUT2D eigenvalue weighted by molar-refractivity contribution is 5.80. The summed E-state index contributed by atoms with van der Waals surface area (Å²) >= 11 is 0. The third-order valence-corrected chi connectivity index (χ3v) is 4.05. The summed E-state index contributed by atoms with van der Waals surface area (Å²) in [4.78, 5) is 4.58. The lowest BCUT2D eigenvalue weighted by Gasteiger charge is -2.26. The van der Waals surface area contributed by atoms with E-state index in [0.717, 1.165) is 22.5 Å². The van der Waals surface area contributed by atoms with E-state index in [1.165, 1.54) is 32.1 Å². The smallest absolute Gasteiger partial charge is 0.138 e. The van der Waals surface area contributed by atoms with Crippen LogP contribution in [0.1, 0.15) is 57.0 Å². The number of imidazole rings is 1. The average Bonchev–Trinajstić information content (AvgIpc) is 2.78. The topological polar surface area (TPSA) is 64.1 Å². The van der Waals surface area contributed by atoms with Gasteiger partial charge in [-0.15, -0.1) is 0 Å². The normalized spacial score (nSPS) is 18.8. The Balaban J connectivity index is 2.15. The standard InChI is InChI=1S/C15H21N3O/c1-10(19)15-17-13-9-11(16)7-8-14(13)18(15)12-5-3-2-4-6-12/h7-10,12,19H,2-6,16H2,1H3. The molecule has 1 aromatic heterocycles. The zero-order valence-corrected chi connectivity index (χ0v) is 11.3. The van der Waals surface area contributed by atoms with Crippen LogP contribution in [0.5, 0.6) is 0 Å². The monoisotopic (exact) mass is 259 g/mol. The van der Waals surface area contributed by atoms with Gasteiger partial charge in [-0.05, 0) is 38.0 Å². The lowest BCUT2D eigenvalue weighted by Crippen LogP contribution is -2.16. The lowest BCUT2D eigenvalue weighted by atomic mass is 9.95. The molecule has 1 saturated carbocycles. The molecule has 1 atom stereocenters. The Bertz CT molecular complexity index is 582. The summed E-state index contributed by atoms with van der Waals surface area (Å²) in [6.45, 7) is 1.78. The van der Waals surface area contributed by atoms with Crippen molar-refractivity contribution >= 4 is 16.7 Å². The van der Waals surface area contributed by atoms with Crippen LogP contribution in [0.3, 0.4) is 0 Å². The van der Waals surface area contributed by atoms with E-state index in [9.17, 15) is 5.11 Å². The molecular formula is C15H21N3O. The van der Waals surface area contributed by atoms with Gasteiger partial charge in [0, 0.05) is 11.7 Å². The molecule has 0 radical (unpaired) electrons. The summed E-state index contributed by atoms with van der Waals surface area (Å²) in [5, 5.41) is 9.99. The molecule has 2 aromatic rings. The van der Waals surface area contributed by atoms with Gasteiger partial charge in [0.2, 0.25) is 0 Å². The average molecular weight is 259 g/mol. The highest BCUT2D eigenvalue weighted by Gasteiger charge is 2.23. The third-order valence-electron chi connectivity index (χ3n) is 4.05. The second-order valence-electron chi connectivity index (χ2n) is 5.56. The van der Waals surface area contributed by atoms with Crippen LogP contribution in [0.2, 0.25) is 0 Å². The predicted octanol–water partition coefficient (Wildman–Crippen LogP) is 3.18. The van der Waals surface area contributed by atoms with Gasteiger partial charge in [0.15, 0.2) is 0 Å². The summed E-state index contributed by atoms with van der Waals surface area (Å²) in [5.74, 6) is 0.771. The van der Waals surface area contributed by atoms with Crippen molar-refractivity contribution in [2.45, 2.75) is 51.2 Å². The molecule has 1 aliphatic rings. The summed E-state index contributed by atoms with van der Waals surface area (Å²) in [6.07, 6.45) is 5.65. The number of fused-ring (bicyclic) bond motifs is 1. The zero-order chi connectivity index (χ0) is 13.4. The highest BCUT2D eigenvalue weighted by atomic mass is 16.3. The van der Waals surface area contributed by atoms with Crippen molar-refractivity contribution in [2.75, 3.05) is 5.73 Å². The number of hydrogen-bond acceptors (Lipinski definition) is 3. The number of benzene rings is 1. The van der Waals surface area contributed by atoms with Crippen molar-refractivity contribution in [3.63, 3.8) is 0 Å². The minimum Gasteiger partial charge on any atom is -0.399 e. The van der Waals surface area contributed by atoms with Crippen molar-refractivity contribution < 1.29 is 5.11 Å². The van der Waals surface area contributed by atoms with Gasteiger partial charge in [-0.1, -0.05) is 19.3 Å². The molecular weight excluding hydrogens is 238 g/mol. The maximum atomic E-state index is 9.99. The molecule has 0 aliphatic heterocycles. The number of aromatic nitrogens is 2. The molecule has 0 amide bonds. The number of rotatable bonds is 2. The minimum absolute atomic E-state index is 0.465. The van der Waals surface area contributed by atoms with Crippen molar-refractivity contribution in [1.29, 1.82) is 0 Å². The first-order chi connectivity index (χ1) is 9.16. The molecule has 3 N–H and O–H groups in total. The van der Waals surface area contributed by atoms with Crippen molar-refractivity contribution in [3.8, 4) is 0 Å². The molecule has 102 valence electrons. The Kier molecular flexibility index (Phi) is 3.19. The molecule has 19 heavy (non-hydrogen) atoms. The molecule has 0 saturated heterocycles. The van der Waals surface area contributed by atoms with Gasteiger partial charge in [-0.25, -0.2) is 4.98 Å². The van der Waals surface area contributed by atoms with Gasteiger partial charge >= 0.3 is 0 Å². The van der Waals surface area contributed by atoms with Crippen LogP contribution < -0.4 is 5.73 Å². The second kappa shape index (κ2) is 4.85. The molecule has 4 nitrogen and oxygen atoms in total. The molecule has 1 aromatic carbocycles. The predicted molar refractivity (Wildman–Crippen MR) is 76.9 cm³/mol. The fourth-order valence-corrected chi connectivity index (χ4v) is 3.15. The number of hydrogen-bond donors (Lipinski definition) is 2. The molecule has 1 unspecified atom stereocenters. The molecule has 1 aliphatic carbocycles. The van der Waals surface area contributed by atoms with E-state index >= 15 is 0 Å². The molecule has 0 bridgehead atoms. The summed E-state index contributed by atoms with van der Waals surface area (Å²) in [6, 6.07) is 6.29. The van der Waals surface area contributed by atoms with Crippen LogP contribution in [0, 0.1) is 0 Å². The van der Waals surface area contributed by atoms with Gasteiger partial charge in [-0.3, -0.25) is 0 Å². The molecule has 4 heteroatoms. The van der Waals surface area contributed by atoms with Gasteiger partial charge in [0.25, 0.3) is 0 Å². The molecule has 1 fully saturated rings. The maximum Gasteiger partial charge on any atom is 0.138 e. The third kappa shape index (κ3) is 2.21. The Labute approximate surface area is 113 Å². The van der Waals surface area contributed by atoms with Crippen molar-refractivity contribution in [1.82, 2.24) is 9.55 Å². The highest BCUT2D eigenvalue weighted by Crippen LogP contribution is 2.34. The van der Waals surface area contributed by atoms with E-state index in [4.69, 9.17) is 5.73 Å². The summed E-state index contributed by atoms with van der Waals surface area (Å²) in [5.41, 5.74) is 8.53. The maximum absolute atomic E-state index is 9.99. The van der Waals surface area contributed by atoms with E-state index in [1.54, 1.807) is 6.92 Å². The van der Waals surface area contributed by atoms with E-state index in [-0.39, 0.29) is 0 Å². The number of nitrogens with two attached hydrogens (primary N) is 1. The molecule has 0 spiro atoms. The summed E-state index contributed by atoms with van der Waals surface area (Å²) in [7, 11) is 0. The van der Waals surface area contributed by atoms with Gasteiger partial charge in [0.05, 0.1) is 11.0 Å². The van der Waals surface area contributed by atoms with E-state index in [0.29, 0.717) is 6.04 Å². The van der Waals surface area contributed by atoms with Crippen molar-refractivity contribution in [2.24, 2.45) is 0 Å². The second-order valence-corrected chi connectivity index (χ2v) is 5.56. The fourth-order valence-electron chi connectivity index (χ4n) is 3.15.